The Balaban J connectivity index is 3.28. The van der Waals surface area contributed by atoms with Gasteiger partial charge in [-0.05, 0) is 34.9 Å². The summed E-state index contributed by atoms with van der Waals surface area (Å²) in [6.45, 7) is 14.6. The van der Waals surface area contributed by atoms with Crippen molar-refractivity contribution in [2.75, 3.05) is 37.8 Å². The van der Waals surface area contributed by atoms with E-state index in [1.807, 2.05) is 6.92 Å². The Bertz CT molecular complexity index is 476. The van der Waals surface area contributed by atoms with Gasteiger partial charge < -0.3 is 15.5 Å². The Hall–Kier alpha value is -1.36. The van der Waals surface area contributed by atoms with Gasteiger partial charge in [0.1, 0.15) is 17.5 Å². The molecule has 0 aromatic carbocycles. The summed E-state index contributed by atoms with van der Waals surface area (Å²) < 4.78 is 0. The van der Waals surface area contributed by atoms with Crippen LogP contribution in [0.5, 0.6) is 0 Å². The molecule has 0 bridgehead atoms. The van der Waals surface area contributed by atoms with Crippen molar-refractivity contribution in [3.05, 3.63) is 11.4 Å². The highest BCUT2D eigenvalue weighted by molar-refractivity contribution is 5.57. The van der Waals surface area contributed by atoms with Gasteiger partial charge in [0.2, 0.25) is 0 Å². The van der Waals surface area contributed by atoms with Gasteiger partial charge in [-0.3, -0.25) is 0 Å². The number of anilines is 2. The van der Waals surface area contributed by atoms with Crippen LogP contribution in [0, 0.1) is 6.92 Å². The number of nitrogens with two attached hydrogens (primary N) is 1. The summed E-state index contributed by atoms with van der Waals surface area (Å²) in [5, 5.41) is 0. The molecule has 21 heavy (non-hydrogen) atoms. The molecule has 1 aromatic heterocycles. The fraction of sp³-hybridized carbons (Fsp3) is 0.750. The molecule has 2 N–H and O–H groups in total. The summed E-state index contributed by atoms with van der Waals surface area (Å²) in [6.07, 6.45) is 0. The summed E-state index contributed by atoms with van der Waals surface area (Å²) in [7, 11) is 4.18. The summed E-state index contributed by atoms with van der Waals surface area (Å²) in [5.41, 5.74) is 6.98. The molecule has 0 aliphatic heterocycles. The SMILES string of the molecule is CCN(c1nc(C(C)(C)C)nc(N)c1C)C(C)CN(C)C. The van der Waals surface area contributed by atoms with E-state index in [1.165, 1.54) is 0 Å². The molecule has 0 aliphatic carbocycles. The maximum absolute atomic E-state index is 6.12. The smallest absolute Gasteiger partial charge is 0.138 e. The molecule has 0 spiro atoms. The van der Waals surface area contributed by atoms with Gasteiger partial charge in [-0.15, -0.1) is 0 Å². The van der Waals surface area contributed by atoms with Crippen LogP contribution in [0.3, 0.4) is 0 Å². The van der Waals surface area contributed by atoms with E-state index in [4.69, 9.17) is 10.7 Å². The van der Waals surface area contributed by atoms with Crippen molar-refractivity contribution in [2.24, 2.45) is 0 Å². The molecule has 0 saturated heterocycles. The van der Waals surface area contributed by atoms with Crippen LogP contribution in [0.25, 0.3) is 0 Å². The first-order chi connectivity index (χ1) is 9.57. The monoisotopic (exact) mass is 293 g/mol. The van der Waals surface area contributed by atoms with Gasteiger partial charge in [0.15, 0.2) is 0 Å². The van der Waals surface area contributed by atoms with Crippen molar-refractivity contribution >= 4 is 11.6 Å². The van der Waals surface area contributed by atoms with Crippen molar-refractivity contribution in [3.8, 4) is 0 Å². The number of hydrogen-bond acceptors (Lipinski definition) is 5. The molecule has 1 heterocycles. The Morgan fingerprint density at radius 1 is 1.19 bits per heavy atom. The molecule has 120 valence electrons. The Kier molecular flexibility index (Phi) is 5.56. The second-order valence-corrected chi connectivity index (χ2v) is 7.03. The van der Waals surface area contributed by atoms with Gasteiger partial charge in [0.05, 0.1) is 0 Å². The van der Waals surface area contributed by atoms with Crippen LogP contribution in [0.15, 0.2) is 0 Å². The molecule has 1 atom stereocenters. The zero-order valence-corrected chi connectivity index (χ0v) is 14.9. The average Bonchev–Trinajstić information content (AvgIpc) is 2.32. The number of aromatic nitrogens is 2. The second kappa shape index (κ2) is 6.60. The molecule has 1 aromatic rings. The molecule has 0 fully saturated rings. The van der Waals surface area contributed by atoms with E-state index < -0.39 is 0 Å². The molecule has 5 nitrogen and oxygen atoms in total. The molecule has 0 radical (unpaired) electrons. The molecule has 1 unspecified atom stereocenters. The lowest BCUT2D eigenvalue weighted by Crippen LogP contribution is -2.41. The number of nitrogen functional groups attached to an aromatic ring is 1. The van der Waals surface area contributed by atoms with Crippen molar-refractivity contribution < 1.29 is 0 Å². The van der Waals surface area contributed by atoms with Gasteiger partial charge in [0.25, 0.3) is 0 Å². The molecule has 0 amide bonds. The largest absolute Gasteiger partial charge is 0.383 e. The maximum atomic E-state index is 6.12. The van der Waals surface area contributed by atoms with Crippen molar-refractivity contribution in [1.82, 2.24) is 14.9 Å². The predicted molar refractivity (Wildman–Crippen MR) is 90.9 cm³/mol. The lowest BCUT2D eigenvalue weighted by Gasteiger charge is -2.33. The van der Waals surface area contributed by atoms with Gasteiger partial charge in [0, 0.05) is 30.1 Å². The van der Waals surface area contributed by atoms with Crippen LogP contribution in [0.4, 0.5) is 11.6 Å². The molecule has 0 saturated carbocycles. The molecule has 0 aliphatic rings. The van der Waals surface area contributed by atoms with Crippen LogP contribution >= 0.6 is 0 Å². The summed E-state index contributed by atoms with van der Waals surface area (Å²) in [5.74, 6) is 2.35. The van der Waals surface area contributed by atoms with Crippen LogP contribution in [-0.4, -0.2) is 48.1 Å². The molecular formula is C16H31N5. The topological polar surface area (TPSA) is 58.3 Å². The van der Waals surface area contributed by atoms with Crippen molar-refractivity contribution in [3.63, 3.8) is 0 Å². The summed E-state index contributed by atoms with van der Waals surface area (Å²) in [6, 6.07) is 0.366. The van der Waals surface area contributed by atoms with E-state index >= 15 is 0 Å². The first-order valence-electron chi connectivity index (χ1n) is 7.63. The predicted octanol–water partition coefficient (Wildman–Crippen LogP) is 2.44. The third-order valence-electron chi connectivity index (χ3n) is 3.60. The van der Waals surface area contributed by atoms with E-state index in [0.29, 0.717) is 11.9 Å². The number of hydrogen-bond donors (Lipinski definition) is 1. The van der Waals surface area contributed by atoms with E-state index in [0.717, 1.165) is 30.3 Å². The van der Waals surface area contributed by atoms with Crippen molar-refractivity contribution in [1.29, 1.82) is 0 Å². The van der Waals surface area contributed by atoms with Crippen LogP contribution in [0.1, 0.15) is 46.0 Å². The number of rotatable bonds is 5. The number of nitrogens with zero attached hydrogens (tertiary/aromatic N) is 4. The van der Waals surface area contributed by atoms with E-state index in [1.54, 1.807) is 0 Å². The zero-order chi connectivity index (χ0) is 16.4. The lowest BCUT2D eigenvalue weighted by atomic mass is 9.95. The van der Waals surface area contributed by atoms with E-state index in [-0.39, 0.29) is 5.41 Å². The third-order valence-corrected chi connectivity index (χ3v) is 3.60. The van der Waals surface area contributed by atoms with Crippen LogP contribution in [0.2, 0.25) is 0 Å². The van der Waals surface area contributed by atoms with Crippen LogP contribution < -0.4 is 10.6 Å². The maximum Gasteiger partial charge on any atom is 0.138 e. The second-order valence-electron chi connectivity index (χ2n) is 7.03. The fourth-order valence-corrected chi connectivity index (χ4v) is 2.43. The normalized spacial score (nSPS) is 13.6. The highest BCUT2D eigenvalue weighted by Crippen LogP contribution is 2.28. The molecular weight excluding hydrogens is 262 g/mol. The lowest BCUT2D eigenvalue weighted by molar-refractivity contribution is 0.371. The fourth-order valence-electron chi connectivity index (χ4n) is 2.43. The minimum atomic E-state index is -0.110. The highest BCUT2D eigenvalue weighted by atomic mass is 15.2. The van der Waals surface area contributed by atoms with E-state index in [2.05, 4.69) is 63.5 Å². The zero-order valence-electron chi connectivity index (χ0n) is 14.9. The van der Waals surface area contributed by atoms with Gasteiger partial charge >= 0.3 is 0 Å². The van der Waals surface area contributed by atoms with Crippen LogP contribution in [-0.2, 0) is 5.41 Å². The Morgan fingerprint density at radius 3 is 2.19 bits per heavy atom. The van der Waals surface area contributed by atoms with Crippen molar-refractivity contribution in [2.45, 2.75) is 53.0 Å². The molecule has 1 rings (SSSR count). The standard InChI is InChI=1S/C16H31N5/c1-9-21(11(2)10-20(7)8)14-12(3)13(17)18-15(19-14)16(4,5)6/h11H,9-10H2,1-8H3,(H2,17,18,19). The summed E-state index contributed by atoms with van der Waals surface area (Å²) in [4.78, 5) is 13.8. The van der Waals surface area contributed by atoms with Gasteiger partial charge in [-0.1, -0.05) is 20.8 Å². The first-order valence-corrected chi connectivity index (χ1v) is 7.63. The quantitative estimate of drug-likeness (QED) is 0.903. The Morgan fingerprint density at radius 2 is 1.76 bits per heavy atom. The van der Waals surface area contributed by atoms with Gasteiger partial charge in [-0.2, -0.15) is 0 Å². The minimum Gasteiger partial charge on any atom is -0.383 e. The number of likely N-dealkylation sites (N-methyl/N-ethyl adjacent to an activating group) is 2. The highest BCUT2D eigenvalue weighted by Gasteiger charge is 2.24. The average molecular weight is 293 g/mol. The first kappa shape index (κ1) is 17.7. The summed E-state index contributed by atoms with van der Waals surface area (Å²) >= 11 is 0. The minimum absolute atomic E-state index is 0.110. The Labute approximate surface area is 129 Å². The van der Waals surface area contributed by atoms with Gasteiger partial charge in [-0.25, -0.2) is 9.97 Å². The van der Waals surface area contributed by atoms with E-state index in [9.17, 15) is 0 Å². The third kappa shape index (κ3) is 4.30. The molecule has 5 heteroatoms.